The number of nitrogens with zero attached hydrogens (tertiary/aromatic N) is 3. The van der Waals surface area contributed by atoms with E-state index in [1.807, 2.05) is 49.5 Å². The summed E-state index contributed by atoms with van der Waals surface area (Å²) < 4.78 is 10.7. The second-order valence-corrected chi connectivity index (χ2v) is 10.8. The first kappa shape index (κ1) is 28.0. The van der Waals surface area contributed by atoms with E-state index in [0.717, 1.165) is 42.8 Å². The SMILES string of the molecule is COc1ccc(CCN(C)c2cc(Cl)nc(SCc3cccc(C(=O)NC4CCCCC4)c3)n2)cc1OC. The number of benzene rings is 2. The first-order valence-electron chi connectivity index (χ1n) is 12.9. The Bertz CT molecular complexity index is 1240. The van der Waals surface area contributed by atoms with Crippen LogP contribution >= 0.6 is 23.4 Å². The maximum Gasteiger partial charge on any atom is 0.251 e. The minimum atomic E-state index is 0.00106. The molecule has 1 fully saturated rings. The van der Waals surface area contributed by atoms with E-state index >= 15 is 0 Å². The first-order valence-corrected chi connectivity index (χ1v) is 14.3. The number of ether oxygens (including phenoxy) is 2. The number of aromatic nitrogens is 2. The monoisotopic (exact) mass is 554 g/mol. The summed E-state index contributed by atoms with van der Waals surface area (Å²) in [6, 6.07) is 15.8. The van der Waals surface area contributed by atoms with Gasteiger partial charge in [-0.25, -0.2) is 9.97 Å². The van der Waals surface area contributed by atoms with Crippen LogP contribution in [0, 0.1) is 0 Å². The molecule has 1 aromatic heterocycles. The van der Waals surface area contributed by atoms with E-state index in [-0.39, 0.29) is 11.9 Å². The van der Waals surface area contributed by atoms with Gasteiger partial charge in [-0.1, -0.05) is 60.8 Å². The van der Waals surface area contributed by atoms with Gasteiger partial charge in [-0.15, -0.1) is 0 Å². The molecule has 1 heterocycles. The molecule has 9 heteroatoms. The van der Waals surface area contributed by atoms with E-state index in [1.165, 1.54) is 31.0 Å². The average molecular weight is 555 g/mol. The van der Waals surface area contributed by atoms with Gasteiger partial charge in [0.05, 0.1) is 14.2 Å². The van der Waals surface area contributed by atoms with Crippen molar-refractivity contribution in [2.45, 2.75) is 55.5 Å². The number of carbonyl (C=O) groups is 1. The number of thioether (sulfide) groups is 1. The van der Waals surface area contributed by atoms with E-state index in [0.29, 0.717) is 33.1 Å². The number of hydrogen-bond acceptors (Lipinski definition) is 7. The molecule has 0 spiro atoms. The van der Waals surface area contributed by atoms with Gasteiger partial charge < -0.3 is 19.7 Å². The zero-order chi connectivity index (χ0) is 26.9. The molecule has 3 aromatic rings. The molecule has 0 saturated heterocycles. The van der Waals surface area contributed by atoms with Gasteiger partial charge in [-0.2, -0.15) is 0 Å². The Morgan fingerprint density at radius 2 is 1.82 bits per heavy atom. The summed E-state index contributed by atoms with van der Waals surface area (Å²) in [5.41, 5.74) is 2.87. The van der Waals surface area contributed by atoms with Crippen LogP contribution in [0.1, 0.15) is 53.6 Å². The second-order valence-electron chi connectivity index (χ2n) is 9.49. The molecule has 7 nitrogen and oxygen atoms in total. The van der Waals surface area contributed by atoms with Gasteiger partial charge in [-0.3, -0.25) is 4.79 Å². The second kappa shape index (κ2) is 13.7. The molecule has 0 atom stereocenters. The number of likely N-dealkylation sites (N-methyl/N-ethyl adjacent to an activating group) is 1. The third kappa shape index (κ3) is 7.77. The van der Waals surface area contributed by atoms with Gasteiger partial charge in [0.2, 0.25) is 0 Å². The maximum absolute atomic E-state index is 12.8. The molecule has 1 N–H and O–H groups in total. The van der Waals surface area contributed by atoms with Crippen LogP contribution in [0.15, 0.2) is 53.7 Å². The highest BCUT2D eigenvalue weighted by Crippen LogP contribution is 2.28. The summed E-state index contributed by atoms with van der Waals surface area (Å²) in [7, 11) is 5.26. The van der Waals surface area contributed by atoms with Crippen molar-refractivity contribution in [1.82, 2.24) is 15.3 Å². The minimum absolute atomic E-state index is 0.00106. The summed E-state index contributed by atoms with van der Waals surface area (Å²) in [6.45, 7) is 0.741. The Balaban J connectivity index is 1.35. The number of carbonyl (C=O) groups excluding carboxylic acids is 1. The largest absolute Gasteiger partial charge is 0.493 e. The fourth-order valence-corrected chi connectivity index (χ4v) is 5.58. The van der Waals surface area contributed by atoms with E-state index in [4.69, 9.17) is 26.1 Å². The van der Waals surface area contributed by atoms with Crippen molar-refractivity contribution in [3.8, 4) is 11.5 Å². The van der Waals surface area contributed by atoms with Gasteiger partial charge >= 0.3 is 0 Å². The van der Waals surface area contributed by atoms with Crippen LogP contribution in [0.4, 0.5) is 5.82 Å². The summed E-state index contributed by atoms with van der Waals surface area (Å²) in [5, 5.41) is 4.19. The van der Waals surface area contributed by atoms with Crippen molar-refractivity contribution in [2.24, 2.45) is 0 Å². The molecular weight excluding hydrogens is 520 g/mol. The Morgan fingerprint density at radius 1 is 1.03 bits per heavy atom. The number of nitrogens with one attached hydrogen (secondary N) is 1. The van der Waals surface area contributed by atoms with Gasteiger partial charge in [0, 0.05) is 37.0 Å². The molecule has 0 bridgehead atoms. The van der Waals surface area contributed by atoms with Crippen LogP contribution < -0.4 is 19.7 Å². The number of hydrogen-bond donors (Lipinski definition) is 1. The highest BCUT2D eigenvalue weighted by molar-refractivity contribution is 7.98. The Hall–Kier alpha value is -2.97. The highest BCUT2D eigenvalue weighted by Gasteiger charge is 2.17. The van der Waals surface area contributed by atoms with E-state index in [1.54, 1.807) is 20.3 Å². The zero-order valence-electron chi connectivity index (χ0n) is 22.2. The smallest absolute Gasteiger partial charge is 0.251 e. The Kier molecular flexibility index (Phi) is 10.1. The highest BCUT2D eigenvalue weighted by atomic mass is 35.5. The first-order chi connectivity index (χ1) is 18.4. The average Bonchev–Trinajstić information content (AvgIpc) is 2.95. The summed E-state index contributed by atoms with van der Waals surface area (Å²) in [6.07, 6.45) is 6.58. The molecular formula is C29H35ClN4O3S. The van der Waals surface area contributed by atoms with Crippen molar-refractivity contribution in [3.05, 3.63) is 70.4 Å². The molecule has 1 aliphatic rings. The lowest BCUT2D eigenvalue weighted by atomic mass is 9.95. The molecule has 38 heavy (non-hydrogen) atoms. The predicted octanol–water partition coefficient (Wildman–Crippen LogP) is 6.18. The normalized spacial score (nSPS) is 13.7. The van der Waals surface area contributed by atoms with Gasteiger partial charge in [-0.05, 0) is 54.7 Å². The molecule has 1 aliphatic carbocycles. The third-order valence-electron chi connectivity index (χ3n) is 6.73. The van der Waals surface area contributed by atoms with Crippen LogP contribution in [0.25, 0.3) is 0 Å². The van der Waals surface area contributed by atoms with E-state index < -0.39 is 0 Å². The number of methoxy groups -OCH3 is 2. The molecule has 0 radical (unpaired) electrons. The number of anilines is 1. The minimum Gasteiger partial charge on any atom is -0.493 e. The molecule has 1 saturated carbocycles. The van der Waals surface area contributed by atoms with Crippen LogP contribution in [0.2, 0.25) is 5.15 Å². The molecule has 0 aliphatic heterocycles. The molecule has 202 valence electrons. The molecule has 2 aromatic carbocycles. The van der Waals surface area contributed by atoms with Gasteiger partial charge in [0.15, 0.2) is 16.7 Å². The lowest BCUT2D eigenvalue weighted by Gasteiger charge is -2.22. The predicted molar refractivity (Wildman–Crippen MR) is 154 cm³/mol. The van der Waals surface area contributed by atoms with Crippen molar-refractivity contribution in [1.29, 1.82) is 0 Å². The standard InChI is InChI=1S/C29H35ClN4O3S/c1-34(15-14-20-12-13-24(36-2)25(17-20)37-3)27-18-26(30)32-29(33-27)38-19-21-8-7-9-22(16-21)28(35)31-23-10-5-4-6-11-23/h7-9,12-13,16-18,23H,4-6,10-11,14-15,19H2,1-3H3,(H,31,35). The third-order valence-corrected chi connectivity index (χ3v) is 7.85. The Morgan fingerprint density at radius 3 is 2.58 bits per heavy atom. The number of halogens is 1. The molecule has 4 rings (SSSR count). The van der Waals surface area contributed by atoms with E-state index in [9.17, 15) is 4.79 Å². The summed E-state index contributed by atoms with van der Waals surface area (Å²) >= 11 is 7.85. The maximum atomic E-state index is 12.8. The molecule has 0 unspecified atom stereocenters. The van der Waals surface area contributed by atoms with Crippen molar-refractivity contribution < 1.29 is 14.3 Å². The lowest BCUT2D eigenvalue weighted by molar-refractivity contribution is 0.0927. The zero-order valence-corrected chi connectivity index (χ0v) is 23.8. The van der Waals surface area contributed by atoms with Gasteiger partial charge in [0.25, 0.3) is 5.91 Å². The van der Waals surface area contributed by atoms with Crippen LogP contribution in [0.5, 0.6) is 11.5 Å². The van der Waals surface area contributed by atoms with Crippen LogP contribution in [-0.4, -0.2) is 49.7 Å². The van der Waals surface area contributed by atoms with Crippen LogP contribution in [0.3, 0.4) is 0 Å². The lowest BCUT2D eigenvalue weighted by Crippen LogP contribution is -2.36. The quantitative estimate of drug-likeness (QED) is 0.172. The topological polar surface area (TPSA) is 76.6 Å². The fraction of sp³-hybridized carbons (Fsp3) is 0.414. The van der Waals surface area contributed by atoms with E-state index in [2.05, 4.69) is 15.2 Å². The van der Waals surface area contributed by atoms with Crippen LogP contribution in [-0.2, 0) is 12.2 Å². The summed E-state index contributed by atoms with van der Waals surface area (Å²) in [4.78, 5) is 24.0. The Labute approximate surface area is 234 Å². The van der Waals surface area contributed by atoms with Crippen molar-refractivity contribution >= 4 is 35.1 Å². The molecule has 1 amide bonds. The fourth-order valence-electron chi connectivity index (χ4n) is 4.56. The van der Waals surface area contributed by atoms with Gasteiger partial charge in [0.1, 0.15) is 11.0 Å². The number of rotatable bonds is 11. The van der Waals surface area contributed by atoms with Crippen molar-refractivity contribution in [3.63, 3.8) is 0 Å². The summed E-state index contributed by atoms with van der Waals surface area (Å²) in [5.74, 6) is 2.82. The van der Waals surface area contributed by atoms with Crippen molar-refractivity contribution in [2.75, 3.05) is 32.7 Å². The number of amides is 1.